The van der Waals surface area contributed by atoms with E-state index < -0.39 is 5.60 Å². The van der Waals surface area contributed by atoms with Crippen LogP contribution >= 0.6 is 0 Å². The highest BCUT2D eigenvalue weighted by molar-refractivity contribution is 5.69. The first-order chi connectivity index (χ1) is 13.2. The zero-order valence-electron chi connectivity index (χ0n) is 17.2. The van der Waals surface area contributed by atoms with Gasteiger partial charge in [0.2, 0.25) is 0 Å². The molecule has 0 fully saturated rings. The van der Waals surface area contributed by atoms with Crippen LogP contribution in [0.3, 0.4) is 0 Å². The second-order valence-electron chi connectivity index (χ2n) is 8.23. The van der Waals surface area contributed by atoms with Crippen molar-refractivity contribution in [3.8, 4) is 17.0 Å². The summed E-state index contributed by atoms with van der Waals surface area (Å²) in [4.78, 5) is 16.0. The number of hydrogen-bond donors (Lipinski definition) is 1. The first-order valence-corrected chi connectivity index (χ1v) is 9.82. The number of halogens is 1. The maximum Gasteiger partial charge on any atom is 0.306 e. The predicted molar refractivity (Wildman–Crippen MR) is 109 cm³/mol. The minimum atomic E-state index is -0.436. The molecule has 0 saturated heterocycles. The highest BCUT2D eigenvalue weighted by Crippen LogP contribution is 2.27. The molecule has 0 aliphatic carbocycles. The van der Waals surface area contributed by atoms with Crippen LogP contribution in [0.25, 0.3) is 11.3 Å². The molecule has 0 spiro atoms. The number of carbonyl (C=O) groups excluding carboxylic acids is 1. The molecule has 0 saturated carbocycles. The van der Waals surface area contributed by atoms with Gasteiger partial charge in [0.1, 0.15) is 22.9 Å². The Labute approximate surface area is 166 Å². The number of phenolic OH excluding ortho intramolecular Hbond substituents is 1. The topological polar surface area (TPSA) is 59.4 Å². The van der Waals surface area contributed by atoms with Gasteiger partial charge in [-0.1, -0.05) is 19.8 Å². The molecule has 1 aromatic carbocycles. The summed E-state index contributed by atoms with van der Waals surface area (Å²) in [5.41, 5.74) is 1.35. The molecule has 152 valence electrons. The minimum absolute atomic E-state index is 0.140. The molecule has 1 heterocycles. The van der Waals surface area contributed by atoms with Crippen molar-refractivity contribution < 1.29 is 19.0 Å². The Morgan fingerprint density at radius 3 is 2.46 bits per heavy atom. The molecule has 0 aliphatic heterocycles. The van der Waals surface area contributed by atoms with Gasteiger partial charge in [-0.3, -0.25) is 9.78 Å². The highest BCUT2D eigenvalue weighted by Gasteiger charge is 2.16. The molecule has 1 aromatic heterocycles. The predicted octanol–water partition coefficient (Wildman–Crippen LogP) is 5.99. The third-order valence-corrected chi connectivity index (χ3v) is 4.51. The number of esters is 1. The molecule has 0 aliphatic rings. The fourth-order valence-corrected chi connectivity index (χ4v) is 3.01. The standard InChI is InChI=1S/C23H30FNO3/c1-16(8-6-5-7-9-21(27)28-23(2,3)4)18-14-20(24)22(25-15-18)17-10-12-19(26)13-11-17/h10-16,26H,5-9H2,1-4H3. The summed E-state index contributed by atoms with van der Waals surface area (Å²) in [5, 5.41) is 9.35. The number of aromatic hydroxyl groups is 1. The number of phenols is 1. The number of benzene rings is 1. The van der Waals surface area contributed by atoms with Gasteiger partial charge in [0, 0.05) is 18.2 Å². The monoisotopic (exact) mass is 387 g/mol. The van der Waals surface area contributed by atoms with E-state index in [4.69, 9.17) is 4.74 Å². The van der Waals surface area contributed by atoms with Gasteiger partial charge < -0.3 is 9.84 Å². The highest BCUT2D eigenvalue weighted by atomic mass is 19.1. The Hall–Kier alpha value is -2.43. The normalized spacial score (nSPS) is 12.6. The lowest BCUT2D eigenvalue weighted by Gasteiger charge is -2.19. The number of unbranched alkanes of at least 4 members (excludes halogenated alkanes) is 2. The molecule has 0 amide bonds. The molecule has 1 unspecified atom stereocenters. The van der Waals surface area contributed by atoms with Gasteiger partial charge in [-0.25, -0.2) is 4.39 Å². The summed E-state index contributed by atoms with van der Waals surface area (Å²) in [6, 6.07) is 7.87. The van der Waals surface area contributed by atoms with Gasteiger partial charge in [-0.2, -0.15) is 0 Å². The van der Waals surface area contributed by atoms with E-state index in [-0.39, 0.29) is 29.1 Å². The van der Waals surface area contributed by atoms with Crippen LogP contribution in [0.5, 0.6) is 5.75 Å². The number of pyridine rings is 1. The van der Waals surface area contributed by atoms with Crippen molar-refractivity contribution in [3.05, 3.63) is 47.9 Å². The van der Waals surface area contributed by atoms with Crippen LogP contribution in [-0.4, -0.2) is 21.7 Å². The van der Waals surface area contributed by atoms with Crippen LogP contribution in [0, 0.1) is 5.82 Å². The van der Waals surface area contributed by atoms with Gasteiger partial charge in [0.15, 0.2) is 0 Å². The van der Waals surface area contributed by atoms with Gasteiger partial charge in [-0.05, 0) is 75.4 Å². The van der Waals surface area contributed by atoms with E-state index in [0.29, 0.717) is 12.0 Å². The van der Waals surface area contributed by atoms with Gasteiger partial charge in [-0.15, -0.1) is 0 Å². The number of nitrogens with zero attached hydrogens (tertiary/aromatic N) is 1. The number of aromatic nitrogens is 1. The Morgan fingerprint density at radius 1 is 1.18 bits per heavy atom. The van der Waals surface area contributed by atoms with Crippen molar-refractivity contribution in [3.63, 3.8) is 0 Å². The zero-order chi connectivity index (χ0) is 20.7. The average molecular weight is 387 g/mol. The lowest BCUT2D eigenvalue weighted by molar-refractivity contribution is -0.154. The van der Waals surface area contributed by atoms with Gasteiger partial charge in [0.25, 0.3) is 0 Å². The van der Waals surface area contributed by atoms with E-state index in [1.54, 1.807) is 24.4 Å². The SMILES string of the molecule is CC(CCCCCC(=O)OC(C)(C)C)c1cnc(-c2ccc(O)cc2)c(F)c1. The molecule has 28 heavy (non-hydrogen) atoms. The fourth-order valence-electron chi connectivity index (χ4n) is 3.01. The average Bonchev–Trinajstić information content (AvgIpc) is 2.60. The van der Waals surface area contributed by atoms with E-state index in [9.17, 15) is 14.3 Å². The third-order valence-electron chi connectivity index (χ3n) is 4.51. The zero-order valence-corrected chi connectivity index (χ0v) is 17.2. The lowest BCUT2D eigenvalue weighted by Crippen LogP contribution is -2.23. The molecule has 5 heteroatoms. The largest absolute Gasteiger partial charge is 0.508 e. The van der Waals surface area contributed by atoms with E-state index in [1.807, 2.05) is 20.8 Å². The van der Waals surface area contributed by atoms with E-state index in [0.717, 1.165) is 31.2 Å². The maximum atomic E-state index is 14.5. The van der Waals surface area contributed by atoms with E-state index in [2.05, 4.69) is 11.9 Å². The molecule has 0 radical (unpaired) electrons. The number of rotatable bonds is 8. The van der Waals surface area contributed by atoms with Crippen LogP contribution in [-0.2, 0) is 9.53 Å². The number of hydrogen-bond acceptors (Lipinski definition) is 4. The van der Waals surface area contributed by atoms with Crippen LogP contribution < -0.4 is 0 Å². The van der Waals surface area contributed by atoms with Crippen molar-refractivity contribution >= 4 is 5.97 Å². The molecule has 1 atom stereocenters. The second kappa shape index (κ2) is 9.67. The van der Waals surface area contributed by atoms with Crippen molar-refractivity contribution in [1.82, 2.24) is 4.98 Å². The summed E-state index contributed by atoms with van der Waals surface area (Å²) in [7, 11) is 0. The van der Waals surface area contributed by atoms with E-state index in [1.165, 1.54) is 12.1 Å². The van der Waals surface area contributed by atoms with Crippen molar-refractivity contribution in [2.45, 2.75) is 71.3 Å². The smallest absolute Gasteiger partial charge is 0.306 e. The van der Waals surface area contributed by atoms with Gasteiger partial charge in [0.05, 0.1) is 0 Å². The quantitative estimate of drug-likeness (QED) is 0.446. The first-order valence-electron chi connectivity index (χ1n) is 9.82. The fraction of sp³-hybridized carbons (Fsp3) is 0.478. The second-order valence-corrected chi connectivity index (χ2v) is 8.23. The Kier molecular flexibility index (Phi) is 7.55. The van der Waals surface area contributed by atoms with Gasteiger partial charge >= 0.3 is 5.97 Å². The molecular formula is C23H30FNO3. The Morgan fingerprint density at radius 2 is 1.86 bits per heavy atom. The molecule has 2 rings (SSSR count). The number of ether oxygens (including phenoxy) is 1. The number of carbonyl (C=O) groups is 1. The maximum absolute atomic E-state index is 14.5. The van der Waals surface area contributed by atoms with Crippen LogP contribution in [0.15, 0.2) is 36.5 Å². The third kappa shape index (κ3) is 6.95. The summed E-state index contributed by atoms with van der Waals surface area (Å²) < 4.78 is 19.8. The summed E-state index contributed by atoms with van der Waals surface area (Å²) in [6.07, 6.45) is 5.76. The molecule has 4 nitrogen and oxygen atoms in total. The Bertz CT molecular complexity index is 781. The van der Waals surface area contributed by atoms with Crippen molar-refractivity contribution in [2.24, 2.45) is 0 Å². The summed E-state index contributed by atoms with van der Waals surface area (Å²) >= 11 is 0. The van der Waals surface area contributed by atoms with E-state index >= 15 is 0 Å². The van der Waals surface area contributed by atoms with Crippen molar-refractivity contribution in [1.29, 1.82) is 0 Å². The summed E-state index contributed by atoms with van der Waals surface area (Å²) in [5.74, 6) is -0.185. The minimum Gasteiger partial charge on any atom is -0.508 e. The summed E-state index contributed by atoms with van der Waals surface area (Å²) in [6.45, 7) is 7.66. The van der Waals surface area contributed by atoms with Crippen LogP contribution in [0.2, 0.25) is 0 Å². The molecule has 2 aromatic rings. The molecular weight excluding hydrogens is 357 g/mol. The first kappa shape index (κ1) is 21.9. The molecule has 1 N–H and O–H groups in total. The Balaban J connectivity index is 1.81. The van der Waals surface area contributed by atoms with Crippen LogP contribution in [0.1, 0.15) is 71.3 Å². The van der Waals surface area contributed by atoms with Crippen molar-refractivity contribution in [2.75, 3.05) is 0 Å². The molecule has 0 bridgehead atoms. The lowest BCUT2D eigenvalue weighted by atomic mass is 9.95. The van der Waals surface area contributed by atoms with Crippen LogP contribution in [0.4, 0.5) is 4.39 Å².